The zero-order valence-corrected chi connectivity index (χ0v) is 10.8. The third kappa shape index (κ3) is 4.72. The zero-order chi connectivity index (χ0) is 12.9. The summed E-state index contributed by atoms with van der Waals surface area (Å²) in [6.07, 6.45) is 1.71. The van der Waals surface area contributed by atoms with Gasteiger partial charge in [0.25, 0.3) is 0 Å². The summed E-state index contributed by atoms with van der Waals surface area (Å²) in [6.45, 7) is 6.48. The molecule has 0 unspecified atom stereocenters. The van der Waals surface area contributed by atoms with Gasteiger partial charge < -0.3 is 15.8 Å². The van der Waals surface area contributed by atoms with Crippen LogP contribution in [-0.4, -0.2) is 23.6 Å². The van der Waals surface area contributed by atoms with E-state index in [-0.39, 0.29) is 5.54 Å². The Morgan fingerprint density at radius 2 is 2.24 bits per heavy atom. The first kappa shape index (κ1) is 13.3. The van der Waals surface area contributed by atoms with E-state index >= 15 is 0 Å². The van der Waals surface area contributed by atoms with E-state index in [1.165, 1.54) is 0 Å². The van der Waals surface area contributed by atoms with Gasteiger partial charge in [-0.1, -0.05) is 0 Å². The monoisotopic (exact) mass is 236 g/mol. The molecular formula is C12H20N4O. The molecule has 5 heteroatoms. The van der Waals surface area contributed by atoms with E-state index in [9.17, 15) is 0 Å². The van der Waals surface area contributed by atoms with Crippen LogP contribution in [0.5, 0.6) is 5.75 Å². The largest absolute Gasteiger partial charge is 0.495 e. The minimum atomic E-state index is -0.0955. The molecule has 0 saturated carbocycles. The molecule has 0 radical (unpaired) electrons. The van der Waals surface area contributed by atoms with E-state index < -0.39 is 0 Å². The quantitative estimate of drug-likeness (QED) is 0.613. The van der Waals surface area contributed by atoms with Crippen LogP contribution in [0.25, 0.3) is 0 Å². The Bertz CT molecular complexity index is 396. The molecule has 0 fully saturated rings. The van der Waals surface area contributed by atoms with Crippen LogP contribution < -0.4 is 15.8 Å². The molecule has 3 N–H and O–H groups in total. The first-order chi connectivity index (χ1) is 7.92. The van der Waals surface area contributed by atoms with Crippen molar-refractivity contribution in [1.29, 1.82) is 0 Å². The lowest BCUT2D eigenvalue weighted by molar-refractivity contribution is 0.407. The number of nitrogens with one attached hydrogen (secondary N) is 1. The van der Waals surface area contributed by atoms with Gasteiger partial charge in [-0.3, -0.25) is 4.98 Å². The van der Waals surface area contributed by atoms with Crippen molar-refractivity contribution >= 4 is 5.96 Å². The van der Waals surface area contributed by atoms with E-state index in [1.54, 1.807) is 13.3 Å². The maximum absolute atomic E-state index is 5.77. The number of hydrogen-bond donors (Lipinski definition) is 2. The van der Waals surface area contributed by atoms with Gasteiger partial charge in [0, 0.05) is 11.7 Å². The molecule has 1 heterocycles. The molecule has 17 heavy (non-hydrogen) atoms. The molecule has 0 bridgehead atoms. The minimum absolute atomic E-state index is 0.0955. The van der Waals surface area contributed by atoms with Crippen molar-refractivity contribution in [1.82, 2.24) is 10.3 Å². The second kappa shape index (κ2) is 5.52. The number of guanidine groups is 1. The van der Waals surface area contributed by atoms with E-state index in [1.807, 2.05) is 32.9 Å². The molecule has 1 aromatic rings. The normalized spacial score (nSPS) is 12.4. The topological polar surface area (TPSA) is 72.5 Å². The Kier molecular flexibility index (Phi) is 4.31. The average molecular weight is 236 g/mol. The highest BCUT2D eigenvalue weighted by molar-refractivity contribution is 5.78. The number of nitrogens with zero attached hydrogens (tertiary/aromatic N) is 2. The number of hydrogen-bond acceptors (Lipinski definition) is 3. The third-order valence-corrected chi connectivity index (χ3v) is 1.97. The van der Waals surface area contributed by atoms with Crippen LogP contribution in [-0.2, 0) is 6.54 Å². The standard InChI is InChI=1S/C12H20N4O/c1-12(2,3)16-11(13)15-8-9-10(17-4)6-5-7-14-9/h5-7H,8H2,1-4H3,(H3,13,15,16). The van der Waals surface area contributed by atoms with Gasteiger partial charge in [0.15, 0.2) is 5.96 Å². The number of methoxy groups -OCH3 is 1. The molecule has 0 aliphatic carbocycles. The summed E-state index contributed by atoms with van der Waals surface area (Å²) in [5.74, 6) is 1.13. The second-order valence-corrected chi connectivity index (χ2v) is 4.73. The maximum Gasteiger partial charge on any atom is 0.189 e. The fourth-order valence-corrected chi connectivity index (χ4v) is 1.31. The highest BCUT2D eigenvalue weighted by Gasteiger charge is 2.10. The Morgan fingerprint density at radius 1 is 1.53 bits per heavy atom. The van der Waals surface area contributed by atoms with Crippen molar-refractivity contribution in [3.8, 4) is 5.75 Å². The first-order valence-electron chi connectivity index (χ1n) is 5.48. The van der Waals surface area contributed by atoms with Gasteiger partial charge in [-0.15, -0.1) is 0 Å². The number of nitrogens with two attached hydrogens (primary N) is 1. The van der Waals surface area contributed by atoms with Crippen LogP contribution in [0.3, 0.4) is 0 Å². The summed E-state index contributed by atoms with van der Waals surface area (Å²) in [5, 5.41) is 3.09. The number of aromatic nitrogens is 1. The fraction of sp³-hybridized carbons (Fsp3) is 0.500. The molecule has 94 valence electrons. The van der Waals surface area contributed by atoms with Gasteiger partial charge in [-0.05, 0) is 32.9 Å². The van der Waals surface area contributed by atoms with Crippen LogP contribution in [0, 0.1) is 0 Å². The molecule has 0 spiro atoms. The lowest BCUT2D eigenvalue weighted by Gasteiger charge is -2.21. The van der Waals surface area contributed by atoms with Gasteiger partial charge in [-0.2, -0.15) is 0 Å². The summed E-state index contributed by atoms with van der Waals surface area (Å²) < 4.78 is 5.19. The van der Waals surface area contributed by atoms with Gasteiger partial charge in [0.1, 0.15) is 11.4 Å². The lowest BCUT2D eigenvalue weighted by atomic mass is 10.1. The highest BCUT2D eigenvalue weighted by Crippen LogP contribution is 2.14. The summed E-state index contributed by atoms with van der Waals surface area (Å²) in [4.78, 5) is 8.43. The highest BCUT2D eigenvalue weighted by atomic mass is 16.5. The minimum Gasteiger partial charge on any atom is -0.495 e. The number of rotatable bonds is 3. The number of ether oxygens (including phenoxy) is 1. The Labute approximate surface area is 102 Å². The summed E-state index contributed by atoms with van der Waals surface area (Å²) in [7, 11) is 1.61. The first-order valence-corrected chi connectivity index (χ1v) is 5.48. The third-order valence-electron chi connectivity index (χ3n) is 1.97. The van der Waals surface area contributed by atoms with Crippen LogP contribution in [0.4, 0.5) is 0 Å². The molecule has 0 aliphatic heterocycles. The maximum atomic E-state index is 5.77. The zero-order valence-electron chi connectivity index (χ0n) is 10.8. The molecule has 0 atom stereocenters. The van der Waals surface area contributed by atoms with Crippen LogP contribution in [0.2, 0.25) is 0 Å². The number of aliphatic imine (C=N–C) groups is 1. The second-order valence-electron chi connectivity index (χ2n) is 4.73. The molecule has 0 saturated heterocycles. The lowest BCUT2D eigenvalue weighted by Crippen LogP contribution is -2.45. The summed E-state index contributed by atoms with van der Waals surface area (Å²) >= 11 is 0. The SMILES string of the molecule is COc1cccnc1CN=C(N)NC(C)(C)C. The molecule has 0 amide bonds. The fourth-order valence-electron chi connectivity index (χ4n) is 1.31. The summed E-state index contributed by atoms with van der Waals surface area (Å²) in [5.41, 5.74) is 6.45. The van der Waals surface area contributed by atoms with Gasteiger partial charge in [0.05, 0.1) is 13.7 Å². The summed E-state index contributed by atoms with van der Waals surface area (Å²) in [6, 6.07) is 3.67. The Morgan fingerprint density at radius 3 is 2.82 bits per heavy atom. The molecular weight excluding hydrogens is 216 g/mol. The van der Waals surface area contributed by atoms with Gasteiger partial charge in [0.2, 0.25) is 0 Å². The molecule has 5 nitrogen and oxygen atoms in total. The molecule has 0 aromatic carbocycles. The predicted octanol–water partition coefficient (Wildman–Crippen LogP) is 1.29. The Balaban J connectivity index is 2.69. The van der Waals surface area contributed by atoms with E-state index in [4.69, 9.17) is 10.5 Å². The van der Waals surface area contributed by atoms with E-state index in [0.29, 0.717) is 12.5 Å². The molecule has 1 rings (SSSR count). The van der Waals surface area contributed by atoms with Crippen molar-refractivity contribution < 1.29 is 4.74 Å². The number of pyridine rings is 1. The van der Waals surface area contributed by atoms with E-state index in [0.717, 1.165) is 11.4 Å². The smallest absolute Gasteiger partial charge is 0.189 e. The van der Waals surface area contributed by atoms with Crippen LogP contribution >= 0.6 is 0 Å². The van der Waals surface area contributed by atoms with Gasteiger partial charge in [-0.25, -0.2) is 4.99 Å². The molecule has 1 aromatic heterocycles. The average Bonchev–Trinajstić information content (AvgIpc) is 2.24. The van der Waals surface area contributed by atoms with Crippen molar-refractivity contribution in [2.45, 2.75) is 32.9 Å². The molecule has 0 aliphatic rings. The van der Waals surface area contributed by atoms with E-state index in [2.05, 4.69) is 15.3 Å². The van der Waals surface area contributed by atoms with Crippen molar-refractivity contribution in [3.63, 3.8) is 0 Å². The van der Waals surface area contributed by atoms with Crippen molar-refractivity contribution in [2.24, 2.45) is 10.7 Å². The van der Waals surface area contributed by atoms with Crippen molar-refractivity contribution in [2.75, 3.05) is 7.11 Å². The van der Waals surface area contributed by atoms with Crippen LogP contribution in [0.1, 0.15) is 26.5 Å². The Hall–Kier alpha value is -1.78. The van der Waals surface area contributed by atoms with Gasteiger partial charge >= 0.3 is 0 Å². The van der Waals surface area contributed by atoms with Crippen molar-refractivity contribution in [3.05, 3.63) is 24.0 Å². The van der Waals surface area contributed by atoms with Crippen LogP contribution in [0.15, 0.2) is 23.3 Å². The predicted molar refractivity (Wildman–Crippen MR) is 69.0 cm³/mol.